The quantitative estimate of drug-likeness (QED) is 0.935. The minimum Gasteiger partial charge on any atom is -0.347 e. The predicted octanol–water partition coefficient (Wildman–Crippen LogP) is 2.25. The van der Waals surface area contributed by atoms with Gasteiger partial charge in [0.05, 0.1) is 0 Å². The molecule has 2 rings (SSSR count). The fourth-order valence-electron chi connectivity index (χ4n) is 2.00. The summed E-state index contributed by atoms with van der Waals surface area (Å²) in [6.07, 6.45) is 0. The van der Waals surface area contributed by atoms with Crippen molar-refractivity contribution in [2.75, 3.05) is 14.1 Å². The molecule has 2 aromatic rings. The van der Waals surface area contributed by atoms with Crippen LogP contribution in [0.15, 0.2) is 60.7 Å². The first kappa shape index (κ1) is 14.8. The lowest BCUT2D eigenvalue weighted by Gasteiger charge is -2.22. The maximum Gasteiger partial charge on any atom is 0.252 e. The van der Waals surface area contributed by atoms with E-state index in [2.05, 4.69) is 5.32 Å². The molecule has 0 saturated carbocycles. The van der Waals surface area contributed by atoms with Crippen molar-refractivity contribution in [2.24, 2.45) is 0 Å². The monoisotopic (exact) mass is 282 g/mol. The van der Waals surface area contributed by atoms with Crippen LogP contribution >= 0.6 is 0 Å². The normalized spacial score (nSPS) is 11.5. The van der Waals surface area contributed by atoms with Gasteiger partial charge in [0.15, 0.2) is 0 Å². The van der Waals surface area contributed by atoms with E-state index >= 15 is 0 Å². The van der Waals surface area contributed by atoms with Crippen LogP contribution in [0.2, 0.25) is 0 Å². The van der Waals surface area contributed by atoms with Gasteiger partial charge >= 0.3 is 0 Å². The molecule has 2 aromatic carbocycles. The highest BCUT2D eigenvalue weighted by atomic mass is 16.2. The average molecular weight is 282 g/mol. The molecule has 0 fully saturated rings. The fraction of sp³-hybridized carbons (Fsp3) is 0.176. The third-order valence-electron chi connectivity index (χ3n) is 3.13. The average Bonchev–Trinajstić information content (AvgIpc) is 2.53. The van der Waals surface area contributed by atoms with E-state index in [0.29, 0.717) is 5.56 Å². The van der Waals surface area contributed by atoms with Gasteiger partial charge in [-0.1, -0.05) is 48.5 Å². The van der Waals surface area contributed by atoms with Gasteiger partial charge in [0.25, 0.3) is 5.91 Å². The molecule has 108 valence electrons. The number of benzene rings is 2. The Labute approximate surface area is 124 Å². The predicted molar refractivity (Wildman–Crippen MR) is 81.8 cm³/mol. The molecule has 21 heavy (non-hydrogen) atoms. The fourth-order valence-corrected chi connectivity index (χ4v) is 2.00. The lowest BCUT2D eigenvalue weighted by Crippen LogP contribution is -2.39. The molecule has 1 unspecified atom stereocenters. The molecule has 0 aliphatic rings. The zero-order valence-corrected chi connectivity index (χ0v) is 12.1. The molecule has 0 bridgehead atoms. The van der Waals surface area contributed by atoms with E-state index in [9.17, 15) is 9.59 Å². The lowest BCUT2D eigenvalue weighted by molar-refractivity contribution is -0.130. The van der Waals surface area contributed by atoms with E-state index in [0.717, 1.165) is 5.56 Å². The van der Waals surface area contributed by atoms with Crippen molar-refractivity contribution in [3.63, 3.8) is 0 Å². The zero-order chi connectivity index (χ0) is 15.2. The number of carbonyl (C=O) groups is 2. The zero-order valence-electron chi connectivity index (χ0n) is 12.1. The Morgan fingerprint density at radius 1 is 0.905 bits per heavy atom. The Hall–Kier alpha value is -2.62. The molecule has 4 heteroatoms. The summed E-state index contributed by atoms with van der Waals surface area (Å²) in [4.78, 5) is 26.1. The van der Waals surface area contributed by atoms with E-state index in [1.165, 1.54) is 4.90 Å². The molecule has 0 saturated heterocycles. The Bertz CT molecular complexity index is 609. The van der Waals surface area contributed by atoms with Crippen LogP contribution in [-0.4, -0.2) is 30.8 Å². The molecule has 0 aliphatic heterocycles. The third kappa shape index (κ3) is 3.69. The Morgan fingerprint density at radius 2 is 1.43 bits per heavy atom. The second-order valence-electron chi connectivity index (χ2n) is 4.92. The summed E-state index contributed by atoms with van der Waals surface area (Å²) in [6, 6.07) is 17.4. The van der Waals surface area contributed by atoms with Crippen LogP contribution in [0, 0.1) is 0 Å². The molecule has 4 nitrogen and oxygen atoms in total. The van der Waals surface area contributed by atoms with Gasteiger partial charge in [0, 0.05) is 19.7 Å². The summed E-state index contributed by atoms with van der Waals surface area (Å²) in [7, 11) is 3.35. The van der Waals surface area contributed by atoms with Crippen molar-refractivity contribution < 1.29 is 9.59 Å². The van der Waals surface area contributed by atoms with Gasteiger partial charge in [0.1, 0.15) is 6.04 Å². The summed E-state index contributed by atoms with van der Waals surface area (Å²) < 4.78 is 0. The molecule has 0 heterocycles. The first-order valence-corrected chi connectivity index (χ1v) is 6.71. The summed E-state index contributed by atoms with van der Waals surface area (Å²) in [5.74, 6) is -0.426. The summed E-state index contributed by atoms with van der Waals surface area (Å²) in [5, 5.41) is 2.80. The van der Waals surface area contributed by atoms with Gasteiger partial charge in [-0.3, -0.25) is 9.59 Å². The Morgan fingerprint density at radius 3 is 1.95 bits per heavy atom. The van der Waals surface area contributed by atoms with Gasteiger partial charge in [-0.15, -0.1) is 0 Å². The number of hydrogen-bond donors (Lipinski definition) is 1. The van der Waals surface area contributed by atoms with Crippen LogP contribution in [0.25, 0.3) is 0 Å². The van der Waals surface area contributed by atoms with E-state index in [4.69, 9.17) is 0 Å². The molecule has 0 spiro atoms. The number of amides is 2. The van der Waals surface area contributed by atoms with Gasteiger partial charge in [-0.25, -0.2) is 0 Å². The molecule has 0 aromatic heterocycles. The summed E-state index contributed by atoms with van der Waals surface area (Å²) >= 11 is 0. The summed E-state index contributed by atoms with van der Waals surface area (Å²) in [6.45, 7) is 0. The Kier molecular flexibility index (Phi) is 4.72. The van der Waals surface area contributed by atoms with E-state index in [-0.39, 0.29) is 11.8 Å². The molecular weight excluding hydrogens is 264 g/mol. The van der Waals surface area contributed by atoms with Crippen molar-refractivity contribution in [3.05, 3.63) is 71.8 Å². The van der Waals surface area contributed by atoms with Crippen molar-refractivity contribution in [2.45, 2.75) is 6.04 Å². The number of likely N-dealkylation sites (N-methyl/N-ethyl adjacent to an activating group) is 1. The minimum absolute atomic E-state index is 0.162. The Balaban J connectivity index is 2.25. The maximum atomic E-state index is 12.3. The maximum absolute atomic E-state index is 12.3. The molecular formula is C17H18N2O2. The third-order valence-corrected chi connectivity index (χ3v) is 3.13. The second kappa shape index (κ2) is 6.70. The van der Waals surface area contributed by atoms with E-state index in [1.54, 1.807) is 38.4 Å². The van der Waals surface area contributed by atoms with Crippen molar-refractivity contribution in [1.29, 1.82) is 0 Å². The highest BCUT2D eigenvalue weighted by molar-refractivity contribution is 5.97. The first-order chi connectivity index (χ1) is 10.1. The largest absolute Gasteiger partial charge is 0.347 e. The molecule has 0 radical (unpaired) electrons. The van der Waals surface area contributed by atoms with Crippen molar-refractivity contribution in [3.8, 4) is 0 Å². The molecule has 2 amide bonds. The highest BCUT2D eigenvalue weighted by Gasteiger charge is 2.24. The van der Waals surface area contributed by atoms with Crippen molar-refractivity contribution >= 4 is 11.8 Å². The number of hydrogen-bond acceptors (Lipinski definition) is 2. The summed E-state index contributed by atoms with van der Waals surface area (Å²) in [5.41, 5.74) is 1.30. The van der Waals surface area contributed by atoms with Crippen LogP contribution in [0.4, 0.5) is 0 Å². The number of nitrogens with one attached hydrogen (secondary N) is 1. The van der Waals surface area contributed by atoms with Crippen LogP contribution in [0.1, 0.15) is 22.0 Å². The van der Waals surface area contributed by atoms with E-state index < -0.39 is 6.04 Å². The minimum atomic E-state index is -0.686. The highest BCUT2D eigenvalue weighted by Crippen LogP contribution is 2.15. The number of carbonyl (C=O) groups excluding carboxylic acids is 2. The SMILES string of the molecule is CN(C)C(=O)C(NC(=O)c1ccccc1)c1ccccc1. The number of nitrogens with zero attached hydrogens (tertiary/aromatic N) is 1. The van der Waals surface area contributed by atoms with Crippen LogP contribution in [0.5, 0.6) is 0 Å². The smallest absolute Gasteiger partial charge is 0.252 e. The van der Waals surface area contributed by atoms with Crippen LogP contribution < -0.4 is 5.32 Å². The topological polar surface area (TPSA) is 49.4 Å². The first-order valence-electron chi connectivity index (χ1n) is 6.71. The van der Waals surface area contributed by atoms with Crippen LogP contribution in [0.3, 0.4) is 0 Å². The van der Waals surface area contributed by atoms with Gasteiger partial charge in [-0.05, 0) is 17.7 Å². The van der Waals surface area contributed by atoms with Gasteiger partial charge < -0.3 is 10.2 Å². The molecule has 0 aliphatic carbocycles. The molecule has 1 atom stereocenters. The van der Waals surface area contributed by atoms with Gasteiger partial charge in [0.2, 0.25) is 5.91 Å². The van der Waals surface area contributed by atoms with Crippen LogP contribution in [-0.2, 0) is 4.79 Å². The standard InChI is InChI=1S/C17H18N2O2/c1-19(2)17(21)15(13-9-5-3-6-10-13)18-16(20)14-11-7-4-8-12-14/h3-12,15H,1-2H3,(H,18,20). The molecule has 1 N–H and O–H groups in total. The second-order valence-corrected chi connectivity index (χ2v) is 4.92. The number of rotatable bonds is 4. The van der Waals surface area contributed by atoms with Crippen molar-refractivity contribution in [1.82, 2.24) is 10.2 Å². The lowest BCUT2D eigenvalue weighted by atomic mass is 10.0. The van der Waals surface area contributed by atoms with Gasteiger partial charge in [-0.2, -0.15) is 0 Å². The van der Waals surface area contributed by atoms with E-state index in [1.807, 2.05) is 36.4 Å².